The van der Waals surface area contributed by atoms with E-state index in [0.717, 1.165) is 110 Å². The van der Waals surface area contributed by atoms with Crippen LogP contribution in [0, 0.1) is 40.9 Å². The normalized spacial score (nSPS) is 12.1. The highest BCUT2D eigenvalue weighted by molar-refractivity contribution is 4.96. The Balaban J connectivity index is -0.000000153. The molecule has 0 spiro atoms. The van der Waals surface area contributed by atoms with Crippen LogP contribution in [0.3, 0.4) is 0 Å². The summed E-state index contributed by atoms with van der Waals surface area (Å²) in [5.41, 5.74) is 4.14. The second kappa shape index (κ2) is 102. The molecule has 0 rings (SSSR count). The molecule has 0 aromatic carbocycles. The number of likely N-dealkylation sites (N-methyl/N-ethyl adjacent to an activating group) is 4. The van der Waals surface area contributed by atoms with Gasteiger partial charge in [-0.3, -0.25) is 0 Å². The van der Waals surface area contributed by atoms with Crippen molar-refractivity contribution in [2.75, 3.05) is 297 Å². The summed E-state index contributed by atoms with van der Waals surface area (Å²) >= 11 is 0. The lowest BCUT2D eigenvalue weighted by molar-refractivity contribution is -0.917. The molecule has 0 aromatic heterocycles. The molecule has 0 saturated carbocycles. The third kappa shape index (κ3) is 141. The molecule has 0 unspecified atom stereocenters. The molecule has 0 amide bonds. The first-order valence-electron chi connectivity index (χ1n) is 62.0. The molecule has 11 nitrogen and oxygen atoms in total. The van der Waals surface area contributed by atoms with Crippen molar-refractivity contribution in [3.05, 3.63) is 99.7 Å². The van der Waals surface area contributed by atoms with Gasteiger partial charge in [-0.05, 0) is 227 Å². The minimum atomic E-state index is 0.492. The molecule has 0 radical (unpaired) electrons. The van der Waals surface area contributed by atoms with Crippen molar-refractivity contribution in [1.82, 2.24) is 0 Å². The quantitative estimate of drug-likeness (QED) is 0.0323. The Bertz CT molecular complexity index is 2580. The third-order valence-electron chi connectivity index (χ3n) is 27.9. The van der Waals surface area contributed by atoms with E-state index in [0.29, 0.717) is 5.41 Å². The van der Waals surface area contributed by atoms with Crippen LogP contribution in [0.15, 0.2) is 99.7 Å². The fourth-order valence-electron chi connectivity index (χ4n) is 19.3. The molecular formula is C134H296N11+11. The highest BCUT2D eigenvalue weighted by Gasteiger charge is 2.28. The molecule has 876 valence electrons. The monoisotopic (exact) mass is 2060 g/mol. The van der Waals surface area contributed by atoms with E-state index >= 15 is 0 Å². The number of unbranched alkanes of at least 4 members (excludes halogenated alkanes) is 25. The van der Waals surface area contributed by atoms with Crippen LogP contribution in [0.5, 0.6) is 0 Å². The summed E-state index contributed by atoms with van der Waals surface area (Å²) in [6.45, 7) is 129. The maximum absolute atomic E-state index is 3.98. The van der Waals surface area contributed by atoms with Crippen LogP contribution in [0.2, 0.25) is 0 Å². The molecule has 0 N–H and O–H groups in total. The van der Waals surface area contributed by atoms with Crippen molar-refractivity contribution >= 4 is 0 Å². The predicted molar refractivity (Wildman–Crippen MR) is 678 cm³/mol. The molecule has 0 aliphatic heterocycles. The zero-order valence-electron chi connectivity index (χ0n) is 111. The van der Waals surface area contributed by atoms with Crippen LogP contribution in [0.25, 0.3) is 0 Å². The number of hydrogen-bond donors (Lipinski definition) is 0. The third-order valence-corrected chi connectivity index (χ3v) is 27.9. The molecule has 145 heavy (non-hydrogen) atoms. The van der Waals surface area contributed by atoms with Gasteiger partial charge in [0.1, 0.15) is 19.6 Å². The number of rotatable bonds is 78. The number of hydrogen-bond acceptors (Lipinski definition) is 0. The zero-order chi connectivity index (χ0) is 115. The second-order valence-electron chi connectivity index (χ2n) is 55.3. The van der Waals surface area contributed by atoms with Gasteiger partial charge in [0.25, 0.3) is 0 Å². The Hall–Kier alpha value is -2.52. The Morgan fingerprint density at radius 3 is 0.586 bits per heavy atom. The summed E-state index contributed by atoms with van der Waals surface area (Å²) in [5.74, 6) is 4.93. The van der Waals surface area contributed by atoms with Gasteiger partial charge >= 0.3 is 0 Å². The van der Waals surface area contributed by atoms with E-state index in [-0.39, 0.29) is 0 Å². The van der Waals surface area contributed by atoms with Crippen molar-refractivity contribution < 1.29 is 49.3 Å². The topological polar surface area (TPSA) is 0 Å². The van der Waals surface area contributed by atoms with E-state index in [1.165, 1.54) is 405 Å². The number of quaternary nitrogens is 11. The van der Waals surface area contributed by atoms with E-state index in [2.05, 4.69) is 380 Å². The van der Waals surface area contributed by atoms with Crippen molar-refractivity contribution in [3.63, 3.8) is 0 Å². The van der Waals surface area contributed by atoms with Gasteiger partial charge in [0.2, 0.25) is 0 Å². The Morgan fingerprint density at radius 2 is 0.421 bits per heavy atom. The Morgan fingerprint density at radius 1 is 0.214 bits per heavy atom. The first-order chi connectivity index (χ1) is 66.9. The van der Waals surface area contributed by atoms with Crippen molar-refractivity contribution in [3.8, 4) is 0 Å². The molecule has 11 heteroatoms. The van der Waals surface area contributed by atoms with E-state index in [9.17, 15) is 0 Å². The Kier molecular flexibility index (Phi) is 116. The zero-order valence-corrected chi connectivity index (χ0v) is 111. The molecule has 0 fully saturated rings. The Labute approximate surface area is 925 Å². The van der Waals surface area contributed by atoms with Gasteiger partial charge in [0.05, 0.1) is 277 Å². The molecule has 0 aromatic rings. The summed E-state index contributed by atoms with van der Waals surface area (Å²) in [7, 11) is 41.4. The van der Waals surface area contributed by atoms with Gasteiger partial charge in [-0.2, -0.15) is 0 Å². The van der Waals surface area contributed by atoms with Gasteiger partial charge in [0.15, 0.2) is 0 Å². The largest absolute Gasteiger partial charge is 0.331 e. The van der Waals surface area contributed by atoms with Gasteiger partial charge < -0.3 is 49.3 Å². The standard InChI is InChI=1S/C19H42N.C18H40N.C16H36N.C14H32N.C13H30N.C13H24N.C10H18N.C9H22N.C8H20N.C8H18N.C6H14N/c1-5-8-11-14-17-20(4,18-15-12-9-6-2)19-16-13-10-7-3;1-5-7-9-11-13-15-17-19(3,4)18-16-14-12-10-8-6-2;1-14(2)8-11-17(7,12-9-15(3)4)13-10-16(5)6;1-5-7-9-11-13-15(3,4)14-12-10-8-6-2;2*1-11(2)8-14(7,9-12(3)4)10-13(5)6;1-5-8-11(4,9-6-2)10-7-3;1-9(2,3)7-8-10(4,5)6;1-5-7-9(3,4)8-6-2;1-5-8-9(4,6-2)7-3;1-5-6-7(2,3)4/h5-19H2,1-4H3;5-18H2,1-4H3;14-16H,8-13H2,1-7H3;5-14H2,1-4H3;11-13H,8-10H2,1-7H3;1,3,5,8-10H2,2,4,6-7H3;5-7H,1-3,8-10H2,4H3;7-8H2,1-6H3;5-8H2,1-4H3;5H,1,6-8H2,2-4H3;5H,1,6H2,2-4H3/q11*+1. The molecule has 0 atom stereocenters. The average Bonchev–Trinajstić information content (AvgIpc) is 0.865. The fourth-order valence-corrected chi connectivity index (χ4v) is 19.3. The highest BCUT2D eigenvalue weighted by Crippen LogP contribution is 2.23. The molecule has 0 aliphatic rings. The highest BCUT2D eigenvalue weighted by atomic mass is 15.4. The summed E-state index contributed by atoms with van der Waals surface area (Å²) in [5, 5.41) is 0. The van der Waals surface area contributed by atoms with Crippen molar-refractivity contribution in [2.45, 2.75) is 445 Å². The lowest BCUT2D eigenvalue weighted by Gasteiger charge is -2.39. The summed E-state index contributed by atoms with van der Waals surface area (Å²) in [6.07, 6.45) is 63.0. The summed E-state index contributed by atoms with van der Waals surface area (Å²) in [6, 6.07) is 0. The van der Waals surface area contributed by atoms with Crippen LogP contribution >= 0.6 is 0 Å². The van der Waals surface area contributed by atoms with Crippen molar-refractivity contribution in [1.29, 1.82) is 0 Å². The van der Waals surface area contributed by atoms with E-state index in [1.807, 2.05) is 30.4 Å². The second-order valence-corrected chi connectivity index (χ2v) is 55.3. The van der Waals surface area contributed by atoms with Crippen LogP contribution < -0.4 is 0 Å². The first-order valence-corrected chi connectivity index (χ1v) is 62.0. The SMILES string of the molecule is C=C(C)C[N+](C)(CC(=C)C)CC(=C)C.C=CC[N+](C)(C)C.C=CC[N+](C)(CC)CC.C=CC[N+](C)(CC=C)CC=C.CC(C)(C)CC[N+](C)(C)C.CC(C)CC[N+](C)(CCC(C)C)CCC(C)C.CC(C)C[N+](C)(CC(C)C)CC(C)C.CCCCCCCC[N+](C)(C)CCCCCCCC.CCCCCC[N+](C)(C)CCCCCC.CCCCCC[N+](C)(CCCCCC)CCCCCC.CCC[N+](C)(C)CCC. The maximum atomic E-state index is 3.98. The van der Waals surface area contributed by atoms with Crippen molar-refractivity contribution in [2.24, 2.45) is 40.9 Å². The van der Waals surface area contributed by atoms with Crippen LogP contribution in [0.1, 0.15) is 445 Å². The minimum absolute atomic E-state index is 0.492. The molecule has 0 heterocycles. The maximum Gasteiger partial charge on any atom is 0.100 e. The summed E-state index contributed by atoms with van der Waals surface area (Å²) in [4.78, 5) is 0. The predicted octanol–water partition coefficient (Wildman–Crippen LogP) is 35.9. The van der Waals surface area contributed by atoms with Crippen LogP contribution in [-0.4, -0.2) is 346 Å². The fraction of sp³-hybridized carbons (Fsp3) is 0.881. The smallest absolute Gasteiger partial charge is 0.100 e. The van der Waals surface area contributed by atoms with Crippen LogP contribution in [-0.2, 0) is 0 Å². The molecule has 0 bridgehead atoms. The summed E-state index contributed by atoms with van der Waals surface area (Å²) < 4.78 is 12.6. The van der Waals surface area contributed by atoms with E-state index in [4.69, 9.17) is 0 Å². The average molecular weight is 2060 g/mol. The van der Waals surface area contributed by atoms with Gasteiger partial charge in [0, 0.05) is 24.2 Å². The molecule has 0 saturated heterocycles. The minimum Gasteiger partial charge on any atom is -0.331 e. The molecule has 0 aliphatic carbocycles. The lowest BCUT2D eigenvalue weighted by atomic mass is 9.92. The van der Waals surface area contributed by atoms with Gasteiger partial charge in [-0.25, -0.2) is 0 Å². The first kappa shape index (κ1) is 165. The number of nitrogens with zero attached hydrogens (tertiary/aromatic N) is 11. The molecular weight excluding hydrogens is 1760 g/mol. The lowest BCUT2D eigenvalue weighted by Crippen LogP contribution is -2.50. The van der Waals surface area contributed by atoms with E-state index in [1.54, 1.807) is 0 Å². The van der Waals surface area contributed by atoms with Gasteiger partial charge in [-0.1, -0.05) is 334 Å². The van der Waals surface area contributed by atoms with E-state index < -0.39 is 0 Å². The van der Waals surface area contributed by atoms with Crippen LogP contribution in [0.4, 0.5) is 0 Å². The van der Waals surface area contributed by atoms with Gasteiger partial charge in [-0.15, -0.1) is 0 Å².